The minimum absolute atomic E-state index is 0.145. The molecule has 0 aliphatic rings. The number of benzene rings is 1. The Morgan fingerprint density at radius 3 is 1.95 bits per heavy atom. The summed E-state index contributed by atoms with van der Waals surface area (Å²) in [6.45, 7) is 11.4. The van der Waals surface area contributed by atoms with E-state index in [9.17, 15) is 8.42 Å². The van der Waals surface area contributed by atoms with Gasteiger partial charge in [0.2, 0.25) is 10.0 Å². The van der Waals surface area contributed by atoms with E-state index < -0.39 is 10.0 Å². The molecule has 20 heavy (non-hydrogen) atoms. The number of nitrogen functional groups attached to an aromatic ring is 1. The number of aryl methyl sites for hydroxylation is 2. The fourth-order valence-electron chi connectivity index (χ4n) is 1.93. The normalized spacial score (nSPS) is 14.2. The predicted octanol–water partition coefficient (Wildman–Crippen LogP) is 2.30. The van der Waals surface area contributed by atoms with E-state index in [0.29, 0.717) is 21.7 Å². The van der Waals surface area contributed by atoms with E-state index in [4.69, 9.17) is 5.84 Å². The van der Waals surface area contributed by atoms with Gasteiger partial charge in [-0.2, -0.15) is 0 Å². The van der Waals surface area contributed by atoms with Gasteiger partial charge < -0.3 is 5.43 Å². The summed E-state index contributed by atoms with van der Waals surface area (Å²) in [5.41, 5.74) is 4.43. The molecular weight excluding hydrogens is 274 g/mol. The highest BCUT2D eigenvalue weighted by molar-refractivity contribution is 7.89. The summed E-state index contributed by atoms with van der Waals surface area (Å²) in [6.07, 6.45) is 0. The number of hydrogen-bond donors (Lipinski definition) is 3. The minimum Gasteiger partial charge on any atom is -0.324 e. The van der Waals surface area contributed by atoms with Gasteiger partial charge in [0.25, 0.3) is 0 Å². The molecular formula is C14H25N3O2S. The van der Waals surface area contributed by atoms with E-state index in [2.05, 4.69) is 10.1 Å². The van der Waals surface area contributed by atoms with Crippen molar-refractivity contribution in [2.24, 2.45) is 11.3 Å². The lowest BCUT2D eigenvalue weighted by molar-refractivity contribution is 0.317. The van der Waals surface area contributed by atoms with Crippen LogP contribution in [0.15, 0.2) is 17.0 Å². The quantitative estimate of drug-likeness (QED) is 0.588. The first-order valence-corrected chi connectivity index (χ1v) is 8.07. The first-order chi connectivity index (χ1) is 8.99. The molecule has 5 nitrogen and oxygen atoms in total. The third-order valence-electron chi connectivity index (χ3n) is 3.53. The van der Waals surface area contributed by atoms with Crippen LogP contribution in [-0.4, -0.2) is 14.5 Å². The van der Waals surface area contributed by atoms with E-state index in [1.54, 1.807) is 26.0 Å². The summed E-state index contributed by atoms with van der Waals surface area (Å²) in [5.74, 6) is 5.37. The van der Waals surface area contributed by atoms with Crippen LogP contribution in [0.3, 0.4) is 0 Å². The zero-order valence-corrected chi connectivity index (χ0v) is 13.9. The third-order valence-corrected chi connectivity index (χ3v) is 5.37. The van der Waals surface area contributed by atoms with E-state index >= 15 is 0 Å². The Kier molecular flexibility index (Phi) is 4.84. The van der Waals surface area contributed by atoms with Crippen molar-refractivity contribution in [3.05, 3.63) is 23.3 Å². The molecule has 0 aliphatic heterocycles. The average Bonchev–Trinajstić information content (AvgIpc) is 2.25. The predicted molar refractivity (Wildman–Crippen MR) is 83.0 cm³/mol. The second kappa shape index (κ2) is 5.71. The third kappa shape index (κ3) is 3.71. The summed E-state index contributed by atoms with van der Waals surface area (Å²) >= 11 is 0. The van der Waals surface area contributed by atoms with Gasteiger partial charge in [-0.15, -0.1) is 0 Å². The van der Waals surface area contributed by atoms with Crippen LogP contribution in [-0.2, 0) is 10.0 Å². The highest BCUT2D eigenvalue weighted by atomic mass is 32.2. The molecule has 0 radical (unpaired) electrons. The topological polar surface area (TPSA) is 84.2 Å². The van der Waals surface area contributed by atoms with Crippen LogP contribution in [0.1, 0.15) is 38.8 Å². The summed E-state index contributed by atoms with van der Waals surface area (Å²) in [5, 5.41) is 0. The van der Waals surface area contributed by atoms with Crippen molar-refractivity contribution >= 4 is 15.7 Å². The van der Waals surface area contributed by atoms with Crippen LogP contribution in [0.2, 0.25) is 0 Å². The minimum atomic E-state index is -3.55. The van der Waals surface area contributed by atoms with Crippen LogP contribution < -0.4 is 16.0 Å². The van der Waals surface area contributed by atoms with Crippen LogP contribution in [0.25, 0.3) is 0 Å². The van der Waals surface area contributed by atoms with Crippen molar-refractivity contribution in [3.63, 3.8) is 0 Å². The number of nitrogens with two attached hydrogens (primary N) is 1. The van der Waals surface area contributed by atoms with Gasteiger partial charge >= 0.3 is 0 Å². The number of rotatable bonds is 4. The zero-order valence-electron chi connectivity index (χ0n) is 13.0. The van der Waals surface area contributed by atoms with Crippen molar-refractivity contribution in [2.45, 2.75) is 52.5 Å². The molecule has 114 valence electrons. The molecule has 1 atom stereocenters. The van der Waals surface area contributed by atoms with Gasteiger partial charge in [0, 0.05) is 11.7 Å². The van der Waals surface area contributed by atoms with Gasteiger partial charge in [-0.05, 0) is 49.4 Å². The number of anilines is 1. The van der Waals surface area contributed by atoms with Crippen molar-refractivity contribution in [3.8, 4) is 0 Å². The molecule has 0 heterocycles. The maximum absolute atomic E-state index is 12.6. The molecule has 0 aliphatic carbocycles. The number of sulfonamides is 1. The highest BCUT2D eigenvalue weighted by Gasteiger charge is 2.28. The van der Waals surface area contributed by atoms with Crippen LogP contribution in [0, 0.1) is 19.3 Å². The Morgan fingerprint density at radius 1 is 1.15 bits per heavy atom. The van der Waals surface area contributed by atoms with Crippen LogP contribution >= 0.6 is 0 Å². The molecule has 0 aromatic heterocycles. The standard InChI is InChI=1S/C14H25N3O2S/c1-9-7-12(16-15)8-10(2)13(9)20(18,19)17-11(3)14(4,5)6/h7-8,11,16-17H,15H2,1-6H3. The molecule has 1 rings (SSSR count). The molecule has 1 aromatic carbocycles. The molecule has 0 saturated carbocycles. The molecule has 4 N–H and O–H groups in total. The molecule has 6 heteroatoms. The summed E-state index contributed by atoms with van der Waals surface area (Å²) < 4.78 is 27.9. The maximum atomic E-state index is 12.6. The smallest absolute Gasteiger partial charge is 0.241 e. The van der Waals surface area contributed by atoms with Gasteiger partial charge in [-0.3, -0.25) is 5.84 Å². The zero-order chi connectivity index (χ0) is 15.7. The fraction of sp³-hybridized carbons (Fsp3) is 0.571. The lowest BCUT2D eigenvalue weighted by Crippen LogP contribution is -2.41. The molecule has 0 saturated heterocycles. The second-order valence-corrected chi connectivity index (χ2v) is 7.94. The van der Waals surface area contributed by atoms with Crippen molar-refractivity contribution in [1.29, 1.82) is 0 Å². The number of hydrogen-bond acceptors (Lipinski definition) is 4. The Bertz CT molecular complexity index is 566. The van der Waals surface area contributed by atoms with Crippen LogP contribution in [0.4, 0.5) is 5.69 Å². The Labute approximate surface area is 122 Å². The van der Waals surface area contributed by atoms with Gasteiger partial charge in [-0.25, -0.2) is 13.1 Å². The summed E-state index contributed by atoms with van der Waals surface area (Å²) in [4.78, 5) is 0.326. The second-order valence-electron chi connectivity index (χ2n) is 6.29. The largest absolute Gasteiger partial charge is 0.324 e. The van der Waals surface area contributed by atoms with Crippen LogP contribution in [0.5, 0.6) is 0 Å². The van der Waals surface area contributed by atoms with Gasteiger partial charge in [0.1, 0.15) is 0 Å². The van der Waals surface area contributed by atoms with Gasteiger partial charge in [-0.1, -0.05) is 20.8 Å². The molecule has 1 aromatic rings. The van der Waals surface area contributed by atoms with E-state index in [1.165, 1.54) is 0 Å². The van der Waals surface area contributed by atoms with Gasteiger partial charge in [0.15, 0.2) is 0 Å². The summed E-state index contributed by atoms with van der Waals surface area (Å²) in [6, 6.07) is 3.28. The van der Waals surface area contributed by atoms with E-state index in [0.717, 1.165) is 0 Å². The average molecular weight is 299 g/mol. The molecule has 0 bridgehead atoms. The van der Waals surface area contributed by atoms with E-state index in [1.807, 2.05) is 27.7 Å². The number of hydrazine groups is 1. The molecule has 0 amide bonds. The van der Waals surface area contributed by atoms with Crippen molar-refractivity contribution < 1.29 is 8.42 Å². The Morgan fingerprint density at radius 2 is 1.60 bits per heavy atom. The van der Waals surface area contributed by atoms with E-state index in [-0.39, 0.29) is 11.5 Å². The molecule has 0 fully saturated rings. The Hall–Kier alpha value is -1.11. The Balaban J connectivity index is 3.24. The fourth-order valence-corrected chi connectivity index (χ4v) is 3.83. The SMILES string of the molecule is Cc1cc(NN)cc(C)c1S(=O)(=O)NC(C)C(C)(C)C. The molecule has 0 spiro atoms. The maximum Gasteiger partial charge on any atom is 0.241 e. The number of nitrogens with one attached hydrogen (secondary N) is 2. The first kappa shape index (κ1) is 16.9. The van der Waals surface area contributed by atoms with Crippen molar-refractivity contribution in [1.82, 2.24) is 4.72 Å². The monoisotopic (exact) mass is 299 g/mol. The van der Waals surface area contributed by atoms with Crippen molar-refractivity contribution in [2.75, 3.05) is 5.43 Å². The lowest BCUT2D eigenvalue weighted by Gasteiger charge is -2.28. The lowest BCUT2D eigenvalue weighted by atomic mass is 9.89. The highest BCUT2D eigenvalue weighted by Crippen LogP contribution is 2.26. The van der Waals surface area contributed by atoms with Gasteiger partial charge in [0.05, 0.1) is 4.90 Å². The first-order valence-electron chi connectivity index (χ1n) is 6.59. The molecule has 1 unspecified atom stereocenters. The summed E-state index contributed by atoms with van der Waals surface area (Å²) in [7, 11) is -3.55.